The Hall–Kier alpha value is -0.610. The van der Waals surface area contributed by atoms with E-state index in [1.54, 1.807) is 0 Å². The highest BCUT2D eigenvalue weighted by Crippen LogP contribution is 2.22. The van der Waals surface area contributed by atoms with Crippen LogP contribution in [0.25, 0.3) is 0 Å². The van der Waals surface area contributed by atoms with Crippen molar-refractivity contribution in [2.24, 2.45) is 5.73 Å². The zero-order chi connectivity index (χ0) is 12.1. The second-order valence-electron chi connectivity index (χ2n) is 3.71. The molecule has 0 fully saturated rings. The quantitative estimate of drug-likeness (QED) is 0.815. The van der Waals surface area contributed by atoms with Crippen LogP contribution in [0.5, 0.6) is 0 Å². The van der Waals surface area contributed by atoms with Gasteiger partial charge in [0, 0.05) is 21.8 Å². The van der Waals surface area contributed by atoms with E-state index >= 15 is 0 Å². The van der Waals surface area contributed by atoms with Crippen LogP contribution >= 0.6 is 28.1 Å². The Morgan fingerprint density at radius 2 is 2.06 bits per heavy atom. The minimum atomic E-state index is 0.426. The molecular weight excluding hydrogens is 284 g/mol. The van der Waals surface area contributed by atoms with Gasteiger partial charge in [0.1, 0.15) is 4.99 Å². The van der Waals surface area contributed by atoms with Crippen molar-refractivity contribution in [2.75, 3.05) is 5.32 Å². The molecule has 0 heterocycles. The molecule has 1 aromatic rings. The standard InChI is InChI=1S/C12H17BrN2S/c1-3-9(4-2)15-11-6-5-8(13)7-10(11)12(14)16/h5-7,9,15H,3-4H2,1-2H3,(H2,14,16). The topological polar surface area (TPSA) is 38.0 Å². The molecule has 88 valence electrons. The first-order valence-corrected chi connectivity index (χ1v) is 6.64. The molecule has 1 aromatic carbocycles. The van der Waals surface area contributed by atoms with Gasteiger partial charge < -0.3 is 11.1 Å². The molecule has 3 N–H and O–H groups in total. The molecule has 0 amide bonds. The summed E-state index contributed by atoms with van der Waals surface area (Å²) < 4.78 is 0.991. The molecule has 0 saturated heterocycles. The van der Waals surface area contributed by atoms with Crippen molar-refractivity contribution in [1.29, 1.82) is 0 Å². The zero-order valence-electron chi connectivity index (χ0n) is 9.59. The third-order valence-corrected chi connectivity index (χ3v) is 3.31. The van der Waals surface area contributed by atoms with Gasteiger partial charge in [-0.25, -0.2) is 0 Å². The fourth-order valence-corrected chi connectivity index (χ4v) is 2.09. The maximum absolute atomic E-state index is 5.71. The predicted octanol–water partition coefficient (Wildman–Crippen LogP) is 3.68. The molecule has 0 radical (unpaired) electrons. The van der Waals surface area contributed by atoms with Crippen LogP contribution in [0.15, 0.2) is 22.7 Å². The van der Waals surface area contributed by atoms with Gasteiger partial charge in [-0.1, -0.05) is 42.0 Å². The minimum Gasteiger partial charge on any atom is -0.389 e. The van der Waals surface area contributed by atoms with Gasteiger partial charge in [-0.05, 0) is 31.0 Å². The van der Waals surface area contributed by atoms with E-state index in [0.717, 1.165) is 28.6 Å². The van der Waals surface area contributed by atoms with Gasteiger partial charge in [-0.2, -0.15) is 0 Å². The van der Waals surface area contributed by atoms with Gasteiger partial charge in [0.2, 0.25) is 0 Å². The number of hydrogen-bond donors (Lipinski definition) is 2. The van der Waals surface area contributed by atoms with E-state index in [4.69, 9.17) is 18.0 Å². The molecule has 2 nitrogen and oxygen atoms in total. The number of anilines is 1. The number of nitrogens with two attached hydrogens (primary N) is 1. The maximum atomic E-state index is 5.71. The normalized spacial score (nSPS) is 10.5. The van der Waals surface area contributed by atoms with E-state index in [0.29, 0.717) is 11.0 Å². The van der Waals surface area contributed by atoms with Crippen LogP contribution in [-0.4, -0.2) is 11.0 Å². The Morgan fingerprint density at radius 1 is 1.44 bits per heavy atom. The van der Waals surface area contributed by atoms with Crippen LogP contribution in [-0.2, 0) is 0 Å². The molecule has 0 aliphatic rings. The Labute approximate surface area is 111 Å². The molecule has 0 bridgehead atoms. The fourth-order valence-electron chi connectivity index (χ4n) is 1.56. The zero-order valence-corrected chi connectivity index (χ0v) is 12.0. The first-order chi connectivity index (χ1) is 7.58. The number of rotatable bonds is 5. The lowest BCUT2D eigenvalue weighted by molar-refractivity contribution is 0.671. The summed E-state index contributed by atoms with van der Waals surface area (Å²) in [4.78, 5) is 0.426. The molecule has 1 rings (SSSR count). The van der Waals surface area contributed by atoms with Crippen molar-refractivity contribution in [3.05, 3.63) is 28.2 Å². The summed E-state index contributed by atoms with van der Waals surface area (Å²) >= 11 is 8.47. The van der Waals surface area contributed by atoms with E-state index in [9.17, 15) is 0 Å². The Kier molecular flexibility index (Phi) is 5.22. The van der Waals surface area contributed by atoms with Gasteiger partial charge in [0.25, 0.3) is 0 Å². The van der Waals surface area contributed by atoms with Crippen molar-refractivity contribution in [1.82, 2.24) is 0 Å². The summed E-state index contributed by atoms with van der Waals surface area (Å²) in [6.45, 7) is 4.33. The molecule has 0 spiro atoms. The third-order valence-electron chi connectivity index (χ3n) is 2.59. The average molecular weight is 301 g/mol. The summed E-state index contributed by atoms with van der Waals surface area (Å²) in [6, 6.07) is 6.42. The number of nitrogens with one attached hydrogen (secondary N) is 1. The summed E-state index contributed by atoms with van der Waals surface area (Å²) in [5.74, 6) is 0. The largest absolute Gasteiger partial charge is 0.389 e. The highest BCUT2D eigenvalue weighted by atomic mass is 79.9. The van der Waals surface area contributed by atoms with E-state index < -0.39 is 0 Å². The Balaban J connectivity index is 2.98. The summed E-state index contributed by atoms with van der Waals surface area (Å²) in [5, 5.41) is 3.47. The lowest BCUT2D eigenvalue weighted by Gasteiger charge is -2.18. The summed E-state index contributed by atoms with van der Waals surface area (Å²) in [7, 11) is 0. The van der Waals surface area contributed by atoms with Crippen molar-refractivity contribution in [3.8, 4) is 0 Å². The van der Waals surface area contributed by atoms with Gasteiger partial charge in [-0.15, -0.1) is 0 Å². The van der Waals surface area contributed by atoms with Crippen molar-refractivity contribution in [2.45, 2.75) is 32.7 Å². The first kappa shape index (κ1) is 13.5. The highest BCUT2D eigenvalue weighted by Gasteiger charge is 2.09. The van der Waals surface area contributed by atoms with Gasteiger partial charge >= 0.3 is 0 Å². The maximum Gasteiger partial charge on any atom is 0.106 e. The molecule has 0 aromatic heterocycles. The lowest BCUT2D eigenvalue weighted by Crippen LogP contribution is -2.20. The summed E-state index contributed by atoms with van der Waals surface area (Å²) in [6.07, 6.45) is 2.17. The molecule has 0 saturated carbocycles. The first-order valence-electron chi connectivity index (χ1n) is 5.44. The van der Waals surface area contributed by atoms with Gasteiger partial charge in [0.05, 0.1) is 0 Å². The molecule has 4 heteroatoms. The summed E-state index contributed by atoms with van der Waals surface area (Å²) in [5.41, 5.74) is 7.63. The van der Waals surface area contributed by atoms with Crippen molar-refractivity contribution >= 4 is 38.8 Å². The second-order valence-corrected chi connectivity index (χ2v) is 5.07. The SMILES string of the molecule is CCC(CC)Nc1ccc(Br)cc1C(N)=S. The molecule has 0 atom stereocenters. The third kappa shape index (κ3) is 3.46. The second kappa shape index (κ2) is 6.21. The van der Waals surface area contributed by atoms with Crippen molar-refractivity contribution < 1.29 is 0 Å². The van der Waals surface area contributed by atoms with E-state index in [2.05, 4.69) is 35.1 Å². The van der Waals surface area contributed by atoms with Crippen LogP contribution in [0.2, 0.25) is 0 Å². The van der Waals surface area contributed by atoms with Gasteiger partial charge in [0.15, 0.2) is 0 Å². The predicted molar refractivity (Wildman–Crippen MR) is 78.0 cm³/mol. The Bertz CT molecular complexity index is 375. The van der Waals surface area contributed by atoms with E-state index in [1.165, 1.54) is 0 Å². The fraction of sp³-hybridized carbons (Fsp3) is 0.417. The molecular formula is C12H17BrN2S. The lowest BCUT2D eigenvalue weighted by atomic mass is 10.1. The number of benzene rings is 1. The molecule has 0 aliphatic heterocycles. The van der Waals surface area contributed by atoms with E-state index in [-0.39, 0.29) is 0 Å². The smallest absolute Gasteiger partial charge is 0.106 e. The van der Waals surface area contributed by atoms with Crippen LogP contribution in [0.4, 0.5) is 5.69 Å². The molecule has 0 unspecified atom stereocenters. The average Bonchev–Trinajstić information content (AvgIpc) is 2.27. The number of halogens is 1. The van der Waals surface area contributed by atoms with Crippen LogP contribution in [0.1, 0.15) is 32.3 Å². The highest BCUT2D eigenvalue weighted by molar-refractivity contribution is 9.10. The van der Waals surface area contributed by atoms with E-state index in [1.807, 2.05) is 18.2 Å². The van der Waals surface area contributed by atoms with Crippen molar-refractivity contribution in [3.63, 3.8) is 0 Å². The van der Waals surface area contributed by atoms with Crippen LogP contribution < -0.4 is 11.1 Å². The van der Waals surface area contributed by atoms with Gasteiger partial charge in [-0.3, -0.25) is 0 Å². The Morgan fingerprint density at radius 3 is 2.56 bits per heavy atom. The molecule has 0 aliphatic carbocycles. The number of thiocarbonyl (C=S) groups is 1. The number of hydrogen-bond acceptors (Lipinski definition) is 2. The minimum absolute atomic E-state index is 0.426. The van der Waals surface area contributed by atoms with Crippen LogP contribution in [0.3, 0.4) is 0 Å². The molecule has 16 heavy (non-hydrogen) atoms. The monoisotopic (exact) mass is 300 g/mol. The van der Waals surface area contributed by atoms with Crippen LogP contribution in [0, 0.1) is 0 Å².